The molecule has 0 heterocycles. The second-order valence-corrected chi connectivity index (χ2v) is 2.15. The summed E-state index contributed by atoms with van der Waals surface area (Å²) < 4.78 is 0. The Morgan fingerprint density at radius 3 is 2.64 bits per heavy atom. The zero-order chi connectivity index (χ0) is 8.69. The number of hydrogen-bond donors (Lipinski definition) is 4. The first kappa shape index (κ1) is 10.1. The molecule has 0 saturated carbocycles. The van der Waals surface area contributed by atoms with Gasteiger partial charge in [-0.25, -0.2) is 0 Å². The average Bonchev–Trinajstić information content (AvgIpc) is 1.97. The predicted molar refractivity (Wildman–Crippen MR) is 45.5 cm³/mol. The van der Waals surface area contributed by atoms with Gasteiger partial charge in [-0.3, -0.25) is 5.41 Å². The zero-order valence-electron chi connectivity index (χ0n) is 5.89. The van der Waals surface area contributed by atoms with Gasteiger partial charge in [-0.15, -0.1) is 0 Å². The van der Waals surface area contributed by atoms with Crippen LogP contribution in [0.1, 0.15) is 0 Å². The van der Waals surface area contributed by atoms with Crippen LogP contribution in [0.5, 0.6) is 0 Å². The minimum absolute atomic E-state index is 0.0131. The maximum Gasteiger partial charge on any atom is 0.122 e. The van der Waals surface area contributed by atoms with Crippen LogP contribution < -0.4 is 5.32 Å². The van der Waals surface area contributed by atoms with Crippen molar-refractivity contribution < 1.29 is 5.11 Å². The van der Waals surface area contributed by atoms with Crippen LogP contribution in [0.4, 0.5) is 0 Å². The topological polar surface area (TPSA) is 80.0 Å². The lowest BCUT2D eigenvalue weighted by atomic mass is 10.4. The molecule has 0 bridgehead atoms. The smallest absolute Gasteiger partial charge is 0.122 e. The molecule has 62 valence electrons. The molecule has 0 spiro atoms. The van der Waals surface area contributed by atoms with Gasteiger partial charge in [0, 0.05) is 12.8 Å². The fraction of sp³-hybridized carbons (Fsp3) is 0.333. The maximum absolute atomic E-state index is 8.39. The van der Waals surface area contributed by atoms with E-state index in [-0.39, 0.29) is 11.8 Å². The first-order valence-corrected chi connectivity index (χ1v) is 3.39. The lowest BCUT2D eigenvalue weighted by Gasteiger charge is -2.01. The number of allylic oxidation sites excluding steroid dienone is 2. The third-order valence-corrected chi connectivity index (χ3v) is 0.988. The Labute approximate surface area is 69.9 Å². The van der Waals surface area contributed by atoms with Crippen molar-refractivity contribution in [3.63, 3.8) is 0 Å². The van der Waals surface area contributed by atoms with E-state index < -0.39 is 0 Å². The lowest BCUT2D eigenvalue weighted by Crippen LogP contribution is -2.18. The maximum atomic E-state index is 8.39. The fourth-order valence-electron chi connectivity index (χ4n) is 0.480. The van der Waals surface area contributed by atoms with Crippen molar-refractivity contribution in [2.45, 2.75) is 0 Å². The molecule has 4 nitrogen and oxygen atoms in total. The van der Waals surface area contributed by atoms with E-state index >= 15 is 0 Å². The first-order chi connectivity index (χ1) is 5.20. The van der Waals surface area contributed by atoms with E-state index in [0.717, 1.165) is 6.21 Å². The monoisotopic (exact) mass is 175 g/mol. The summed E-state index contributed by atoms with van der Waals surface area (Å²) >= 11 is 5.23. The summed E-state index contributed by atoms with van der Waals surface area (Å²) in [7, 11) is 0. The van der Waals surface area contributed by atoms with E-state index in [1.807, 2.05) is 0 Å². The summed E-state index contributed by atoms with van der Waals surface area (Å²) in [6.07, 6.45) is 2.33. The SMILES string of the molecule is N=C/C(=C\C(=N)Cl)NCCO. The normalized spacial score (nSPS) is 10.9. The molecule has 0 amide bonds. The fourth-order valence-corrected chi connectivity index (χ4v) is 0.598. The summed E-state index contributed by atoms with van der Waals surface area (Å²) in [4.78, 5) is 0. The van der Waals surface area contributed by atoms with Crippen molar-refractivity contribution in [2.24, 2.45) is 0 Å². The Balaban J connectivity index is 3.94. The van der Waals surface area contributed by atoms with Crippen LogP contribution in [0.2, 0.25) is 0 Å². The van der Waals surface area contributed by atoms with Crippen LogP contribution in [-0.2, 0) is 0 Å². The molecule has 0 aliphatic heterocycles. The quantitative estimate of drug-likeness (QED) is 0.454. The molecule has 0 aromatic carbocycles. The Morgan fingerprint density at radius 1 is 1.64 bits per heavy atom. The Kier molecular flexibility index (Phi) is 5.42. The molecular weight excluding hydrogens is 166 g/mol. The number of halogens is 1. The van der Waals surface area contributed by atoms with Crippen LogP contribution >= 0.6 is 11.6 Å². The minimum atomic E-state index is -0.145. The second-order valence-electron chi connectivity index (χ2n) is 1.74. The largest absolute Gasteiger partial charge is 0.395 e. The van der Waals surface area contributed by atoms with E-state index in [1.165, 1.54) is 6.08 Å². The van der Waals surface area contributed by atoms with Crippen molar-refractivity contribution in [3.05, 3.63) is 11.8 Å². The molecule has 0 aromatic heterocycles. The van der Waals surface area contributed by atoms with Gasteiger partial charge in [0.15, 0.2) is 0 Å². The van der Waals surface area contributed by atoms with Crippen LogP contribution in [0.25, 0.3) is 0 Å². The van der Waals surface area contributed by atoms with Gasteiger partial charge in [0.25, 0.3) is 0 Å². The van der Waals surface area contributed by atoms with Gasteiger partial charge >= 0.3 is 0 Å². The van der Waals surface area contributed by atoms with Crippen molar-refractivity contribution >= 4 is 23.0 Å². The van der Waals surface area contributed by atoms with Crippen LogP contribution in [-0.4, -0.2) is 29.6 Å². The van der Waals surface area contributed by atoms with E-state index in [2.05, 4.69) is 5.32 Å². The summed E-state index contributed by atoms with van der Waals surface area (Å²) in [5, 5.41) is 24.6. The summed E-state index contributed by atoms with van der Waals surface area (Å²) in [5.74, 6) is 0. The number of hydrogen-bond acceptors (Lipinski definition) is 4. The highest BCUT2D eigenvalue weighted by Gasteiger charge is 1.91. The minimum Gasteiger partial charge on any atom is -0.395 e. The molecule has 0 unspecified atom stereocenters. The van der Waals surface area contributed by atoms with Crippen molar-refractivity contribution in [1.29, 1.82) is 10.8 Å². The van der Waals surface area contributed by atoms with Gasteiger partial charge in [-0.05, 0) is 6.08 Å². The predicted octanol–water partition coefficient (Wildman–Crippen LogP) is 0.318. The van der Waals surface area contributed by atoms with Crippen molar-refractivity contribution in [3.8, 4) is 0 Å². The second kappa shape index (κ2) is 5.88. The molecule has 4 N–H and O–H groups in total. The van der Waals surface area contributed by atoms with E-state index in [0.29, 0.717) is 12.2 Å². The standard InChI is InChI=1S/C6H10ClN3O/c7-6(9)3-5(4-8)10-1-2-11/h3-4,8-11H,1-2H2/b5-3+,8-4?,9-6?. The number of nitrogens with one attached hydrogen (secondary N) is 3. The van der Waals surface area contributed by atoms with Crippen LogP contribution in [0, 0.1) is 10.8 Å². The molecule has 0 aliphatic carbocycles. The van der Waals surface area contributed by atoms with Gasteiger partial charge < -0.3 is 15.8 Å². The Hall–Kier alpha value is -0.870. The summed E-state index contributed by atoms with van der Waals surface area (Å²) in [5.41, 5.74) is 0.416. The molecule has 11 heavy (non-hydrogen) atoms. The molecule has 0 atom stereocenters. The third-order valence-electron chi connectivity index (χ3n) is 0.879. The van der Waals surface area contributed by atoms with E-state index in [4.69, 9.17) is 27.5 Å². The average molecular weight is 176 g/mol. The Morgan fingerprint density at radius 2 is 2.27 bits per heavy atom. The van der Waals surface area contributed by atoms with Gasteiger partial charge in [-0.1, -0.05) is 11.6 Å². The number of rotatable bonds is 5. The zero-order valence-corrected chi connectivity index (χ0v) is 6.65. The van der Waals surface area contributed by atoms with Crippen LogP contribution in [0.15, 0.2) is 11.8 Å². The van der Waals surface area contributed by atoms with E-state index in [9.17, 15) is 0 Å². The summed E-state index contributed by atoms with van der Waals surface area (Å²) in [6.45, 7) is 0.339. The molecule has 0 fully saturated rings. The van der Waals surface area contributed by atoms with Gasteiger partial charge in [0.1, 0.15) is 5.17 Å². The van der Waals surface area contributed by atoms with Crippen molar-refractivity contribution in [1.82, 2.24) is 5.32 Å². The molecule has 0 radical (unpaired) electrons. The number of aliphatic hydroxyl groups is 1. The van der Waals surface area contributed by atoms with Gasteiger partial charge in [-0.2, -0.15) is 0 Å². The molecular formula is C6H10ClN3O. The molecule has 5 heteroatoms. The molecule has 0 aliphatic rings. The van der Waals surface area contributed by atoms with Gasteiger partial charge in [0.05, 0.1) is 12.3 Å². The summed E-state index contributed by atoms with van der Waals surface area (Å²) in [6, 6.07) is 0. The highest BCUT2D eigenvalue weighted by atomic mass is 35.5. The Bertz CT molecular complexity index is 179. The molecule has 0 saturated heterocycles. The first-order valence-electron chi connectivity index (χ1n) is 3.01. The van der Waals surface area contributed by atoms with Gasteiger partial charge in [0.2, 0.25) is 0 Å². The van der Waals surface area contributed by atoms with Crippen molar-refractivity contribution in [2.75, 3.05) is 13.2 Å². The highest BCUT2D eigenvalue weighted by molar-refractivity contribution is 6.67. The molecule has 0 aromatic rings. The third kappa shape index (κ3) is 5.57. The van der Waals surface area contributed by atoms with E-state index in [1.54, 1.807) is 0 Å². The van der Waals surface area contributed by atoms with Crippen LogP contribution in [0.3, 0.4) is 0 Å². The highest BCUT2D eigenvalue weighted by Crippen LogP contribution is 1.88. The number of aliphatic hydroxyl groups excluding tert-OH is 1. The lowest BCUT2D eigenvalue weighted by molar-refractivity contribution is 0.298. The molecule has 0 rings (SSSR count).